The lowest BCUT2D eigenvalue weighted by Gasteiger charge is -2.11. The molecule has 7 heteroatoms. The number of hydrogen-bond donors (Lipinski definition) is 2. The van der Waals surface area contributed by atoms with Crippen molar-refractivity contribution in [3.8, 4) is 0 Å². The Balaban J connectivity index is 4.46. The van der Waals surface area contributed by atoms with E-state index < -0.39 is 24.8 Å². The summed E-state index contributed by atoms with van der Waals surface area (Å²) < 4.78 is 20.5. The molecule has 1 atom stereocenters. The normalized spacial score (nSPS) is 17.6. The van der Waals surface area contributed by atoms with Gasteiger partial charge in [-0.1, -0.05) is 23.2 Å². The van der Waals surface area contributed by atoms with Crippen molar-refractivity contribution in [2.75, 3.05) is 5.75 Å². The number of thioether (sulfide) groups is 1. The minimum absolute atomic E-state index is 0.126. The zero-order valence-corrected chi connectivity index (χ0v) is 9.12. The van der Waals surface area contributed by atoms with E-state index in [0.717, 1.165) is 17.3 Å². The third-order valence-corrected chi connectivity index (χ3v) is 2.87. The van der Waals surface area contributed by atoms with Gasteiger partial charge in [-0.2, -0.15) is 0 Å². The van der Waals surface area contributed by atoms with Gasteiger partial charge in [0.15, 0.2) is 0 Å². The van der Waals surface area contributed by atoms with Gasteiger partial charge in [0.1, 0.15) is 6.04 Å². The predicted octanol–water partition coefficient (Wildman–Crippen LogP) is 1.59. The van der Waals surface area contributed by atoms with Crippen molar-refractivity contribution in [1.29, 1.82) is 0 Å². The lowest BCUT2D eigenvalue weighted by atomic mass is 10.4. The molecule has 0 aliphatic carbocycles. The molecule has 0 bridgehead atoms. The largest absolute Gasteiger partial charge is 0.480 e. The van der Waals surface area contributed by atoms with Crippen molar-refractivity contribution in [3.05, 3.63) is 9.90 Å². The minimum Gasteiger partial charge on any atom is -0.480 e. The molecular weight excluding hydrogens is 250 g/mol. The number of amides is 1. The van der Waals surface area contributed by atoms with E-state index >= 15 is 0 Å². The van der Waals surface area contributed by atoms with E-state index in [1.165, 1.54) is 0 Å². The van der Waals surface area contributed by atoms with Gasteiger partial charge in [0.25, 0.3) is 0 Å². The van der Waals surface area contributed by atoms with Crippen LogP contribution < -0.4 is 5.32 Å². The second kappa shape index (κ2) is 6.98. The third-order valence-electron chi connectivity index (χ3n) is 1.08. The number of carboxylic acids is 1. The van der Waals surface area contributed by atoms with Crippen molar-refractivity contribution >= 4 is 46.8 Å². The van der Waals surface area contributed by atoms with Crippen molar-refractivity contribution in [1.82, 2.24) is 5.32 Å². The lowest BCUT2D eigenvalue weighted by Crippen LogP contribution is -2.41. The lowest BCUT2D eigenvalue weighted by molar-refractivity contribution is -0.140. The Labute approximate surface area is 99.9 Å². The molecular formula is C7H9Cl2NO3S. The second-order valence-corrected chi connectivity index (χ2v) is 4.00. The van der Waals surface area contributed by atoms with Gasteiger partial charge in [-0.3, -0.25) is 4.79 Å². The van der Waals surface area contributed by atoms with Crippen molar-refractivity contribution in [3.63, 3.8) is 0 Å². The maximum Gasteiger partial charge on any atom is 0.327 e. The monoisotopic (exact) mass is 261 g/mol. The van der Waals surface area contributed by atoms with Crippen LogP contribution in [0.1, 0.15) is 11.0 Å². The summed E-state index contributed by atoms with van der Waals surface area (Å²) in [6.07, 6.45) is 0. The molecule has 0 saturated heterocycles. The van der Waals surface area contributed by atoms with Crippen molar-refractivity contribution in [2.45, 2.75) is 12.9 Å². The Bertz CT molecular complexity index is 335. The highest BCUT2D eigenvalue weighted by Crippen LogP contribution is 2.21. The fourth-order valence-corrected chi connectivity index (χ4v) is 1.52. The average molecular weight is 262 g/mol. The number of hydrogen-bond acceptors (Lipinski definition) is 3. The van der Waals surface area contributed by atoms with Crippen LogP contribution in [-0.2, 0) is 9.59 Å². The van der Waals surface area contributed by atoms with Crippen LogP contribution in [0.25, 0.3) is 0 Å². The fraction of sp³-hybridized carbons (Fsp3) is 0.429. The minimum atomic E-state index is -2.88. The van der Waals surface area contributed by atoms with Crippen molar-refractivity contribution < 1.29 is 18.8 Å². The quantitative estimate of drug-likeness (QED) is 0.738. The smallest absolute Gasteiger partial charge is 0.327 e. The highest BCUT2D eigenvalue weighted by atomic mass is 35.5. The molecule has 80 valence electrons. The van der Waals surface area contributed by atoms with Crippen LogP contribution in [-0.4, -0.2) is 28.8 Å². The predicted molar refractivity (Wildman–Crippen MR) is 57.5 cm³/mol. The maximum atomic E-state index is 11.1. The fourth-order valence-electron chi connectivity index (χ4n) is 0.527. The standard InChI is InChI=1S/C7H9Cl2NO3S/c1-4(11)10-5(7(12)13)3-14-6(9)2-8/h2,5H,3H2,1H3,(H,10,11)(H,12,13)/b6-2+/t5-/m0/s1/i1D3,4+1. The molecule has 14 heavy (non-hydrogen) atoms. The molecule has 4 nitrogen and oxygen atoms in total. The van der Waals surface area contributed by atoms with Crippen LogP contribution in [0, 0.1) is 0 Å². The Morgan fingerprint density at radius 1 is 1.79 bits per heavy atom. The van der Waals surface area contributed by atoms with Gasteiger partial charge in [0.2, 0.25) is 5.91 Å². The van der Waals surface area contributed by atoms with E-state index in [2.05, 4.69) is 0 Å². The zero-order valence-electron chi connectivity index (χ0n) is 9.79. The summed E-state index contributed by atoms with van der Waals surface area (Å²) in [5.41, 5.74) is 1.04. The summed E-state index contributed by atoms with van der Waals surface area (Å²) in [7, 11) is 0. The van der Waals surface area contributed by atoms with Crippen LogP contribution in [0.5, 0.6) is 0 Å². The number of carbonyl (C=O) groups excluding carboxylic acids is 1. The first-order valence-corrected chi connectivity index (χ1v) is 5.11. The molecule has 0 aromatic rings. The maximum absolute atomic E-state index is 11.1. The summed E-state index contributed by atoms with van der Waals surface area (Å²) in [4.78, 5) is 21.8. The first-order valence-electron chi connectivity index (χ1n) is 4.81. The first-order chi connectivity index (χ1) is 7.68. The molecule has 0 aliphatic heterocycles. The summed E-state index contributed by atoms with van der Waals surface area (Å²) in [6.45, 7) is -2.88. The molecule has 0 radical (unpaired) electrons. The van der Waals surface area contributed by atoms with E-state index in [9.17, 15) is 9.59 Å². The third kappa shape index (κ3) is 6.12. The molecule has 1 amide bonds. The van der Waals surface area contributed by atoms with Gasteiger partial charge >= 0.3 is 5.97 Å². The van der Waals surface area contributed by atoms with Gasteiger partial charge < -0.3 is 10.4 Å². The Morgan fingerprint density at radius 2 is 2.43 bits per heavy atom. The van der Waals surface area contributed by atoms with Gasteiger partial charge in [-0.15, -0.1) is 11.8 Å². The topological polar surface area (TPSA) is 66.4 Å². The number of rotatable bonds is 5. The van der Waals surface area contributed by atoms with Gasteiger partial charge in [0, 0.05) is 22.3 Å². The number of aliphatic carboxylic acids is 1. The summed E-state index contributed by atoms with van der Waals surface area (Å²) >= 11 is 11.7. The molecule has 0 rings (SSSR count). The first kappa shape index (κ1) is 8.88. The summed E-state index contributed by atoms with van der Waals surface area (Å²) in [6, 6.07) is -1.35. The summed E-state index contributed by atoms with van der Waals surface area (Å²) in [5, 5.41) is 10.7. The van der Waals surface area contributed by atoms with Gasteiger partial charge in [-0.05, 0) is 0 Å². The second-order valence-electron chi connectivity index (χ2n) is 2.09. The Kier molecular flexibility index (Phi) is 4.43. The van der Waals surface area contributed by atoms with Crippen LogP contribution in [0.3, 0.4) is 0 Å². The van der Waals surface area contributed by atoms with Gasteiger partial charge in [-0.25, -0.2) is 4.79 Å². The highest BCUT2D eigenvalue weighted by molar-refractivity contribution is 8.04. The van der Waals surface area contributed by atoms with Crippen LogP contribution >= 0.6 is 35.0 Å². The molecule has 0 heterocycles. The molecule has 0 saturated carbocycles. The van der Waals surface area contributed by atoms with Crippen LogP contribution in [0.15, 0.2) is 9.90 Å². The number of halogens is 2. The molecule has 0 unspecified atom stereocenters. The number of nitrogens with one attached hydrogen (secondary N) is 1. The molecule has 0 aromatic carbocycles. The highest BCUT2D eigenvalue weighted by Gasteiger charge is 2.18. The summed E-state index contributed by atoms with van der Waals surface area (Å²) in [5.74, 6) is -2.80. The van der Waals surface area contributed by atoms with E-state index in [4.69, 9.17) is 32.4 Å². The van der Waals surface area contributed by atoms with Gasteiger partial charge in [0.05, 0.1) is 4.36 Å². The number of carbonyl (C=O) groups is 2. The van der Waals surface area contributed by atoms with E-state index in [0.29, 0.717) is 0 Å². The molecule has 2 N–H and O–H groups in total. The van der Waals surface area contributed by atoms with Crippen LogP contribution in [0.2, 0.25) is 0 Å². The molecule has 0 fully saturated rings. The zero-order chi connectivity index (χ0) is 13.6. The molecule has 0 spiro atoms. The van der Waals surface area contributed by atoms with E-state index in [1.54, 1.807) is 0 Å². The van der Waals surface area contributed by atoms with E-state index in [1.807, 2.05) is 5.32 Å². The van der Waals surface area contributed by atoms with Crippen LogP contribution in [0.4, 0.5) is 0 Å². The molecule has 0 aromatic heterocycles. The average Bonchev–Trinajstić information content (AvgIpc) is 2.21. The number of carboxylic acid groups (broad SMARTS) is 1. The Hall–Kier alpha value is -0.390. The van der Waals surface area contributed by atoms with E-state index in [-0.39, 0.29) is 10.1 Å². The SMILES string of the molecule is [2H]C([2H])([2H])[13C](=O)N[C@@H](CS/C(Cl)=C/Cl)C(=O)O. The Morgan fingerprint density at radius 3 is 2.86 bits per heavy atom. The van der Waals surface area contributed by atoms with Crippen molar-refractivity contribution in [2.24, 2.45) is 0 Å². The molecule has 0 aliphatic rings.